The van der Waals surface area contributed by atoms with Gasteiger partial charge in [0.2, 0.25) is 0 Å². The van der Waals surface area contributed by atoms with E-state index in [1.165, 1.54) is 0 Å². The van der Waals surface area contributed by atoms with Gasteiger partial charge < -0.3 is 18.8 Å². The van der Waals surface area contributed by atoms with Crippen molar-refractivity contribution in [1.29, 1.82) is 0 Å². The zero-order chi connectivity index (χ0) is 15.0. The third-order valence-electron chi connectivity index (χ3n) is 3.62. The summed E-state index contributed by atoms with van der Waals surface area (Å²) in [6.07, 6.45) is 1.72. The Bertz CT molecular complexity index is 674. The van der Waals surface area contributed by atoms with E-state index in [9.17, 15) is 4.79 Å². The van der Waals surface area contributed by atoms with E-state index in [4.69, 9.17) is 14.2 Å². The predicted octanol–water partition coefficient (Wildman–Crippen LogP) is 2.49. The molecule has 0 aliphatic carbocycles. The maximum atomic E-state index is 12.3. The Hall–Kier alpha value is -1.85. The van der Waals surface area contributed by atoms with Crippen molar-refractivity contribution in [2.45, 2.75) is 25.7 Å². The zero-order valence-corrected chi connectivity index (χ0v) is 12.5. The molecular formula is C16H19NO4. The van der Waals surface area contributed by atoms with Gasteiger partial charge in [0, 0.05) is 24.1 Å². The summed E-state index contributed by atoms with van der Waals surface area (Å²) in [5.74, 6) is -0.934. The van der Waals surface area contributed by atoms with E-state index in [0.717, 1.165) is 10.9 Å². The van der Waals surface area contributed by atoms with E-state index in [-0.39, 0.29) is 18.7 Å². The minimum Gasteiger partial charge on any atom is -0.459 e. The van der Waals surface area contributed by atoms with Crippen molar-refractivity contribution in [3.63, 3.8) is 0 Å². The van der Waals surface area contributed by atoms with Crippen LogP contribution >= 0.6 is 0 Å². The Labute approximate surface area is 123 Å². The number of esters is 1. The first-order valence-electron chi connectivity index (χ1n) is 6.99. The van der Waals surface area contributed by atoms with Gasteiger partial charge in [-0.05, 0) is 32.0 Å². The highest BCUT2D eigenvalue weighted by atomic mass is 16.7. The lowest BCUT2D eigenvalue weighted by Gasteiger charge is -2.17. The molecule has 0 saturated carbocycles. The minimum absolute atomic E-state index is 0.200. The molecule has 1 saturated heterocycles. The Morgan fingerprint density at radius 1 is 1.43 bits per heavy atom. The molecule has 5 heteroatoms. The molecule has 1 aliphatic heterocycles. The number of ether oxygens (including phenoxy) is 3. The molecule has 0 spiro atoms. The molecule has 2 aromatic rings. The Kier molecular flexibility index (Phi) is 3.47. The number of nitrogens with zero attached hydrogens (tertiary/aromatic N) is 1. The zero-order valence-electron chi connectivity index (χ0n) is 12.5. The van der Waals surface area contributed by atoms with Crippen LogP contribution in [0.2, 0.25) is 0 Å². The molecule has 2 heterocycles. The second-order valence-corrected chi connectivity index (χ2v) is 5.71. The lowest BCUT2D eigenvalue weighted by atomic mass is 10.1. The van der Waals surface area contributed by atoms with Crippen LogP contribution in [0, 0.1) is 0 Å². The molecule has 0 unspecified atom stereocenters. The first-order valence-corrected chi connectivity index (χ1v) is 6.99. The summed E-state index contributed by atoms with van der Waals surface area (Å²) < 4.78 is 18.4. The molecule has 0 N–H and O–H groups in total. The van der Waals surface area contributed by atoms with E-state index < -0.39 is 5.79 Å². The van der Waals surface area contributed by atoms with Crippen molar-refractivity contribution in [1.82, 2.24) is 4.57 Å². The van der Waals surface area contributed by atoms with Crippen LogP contribution in [0.15, 0.2) is 30.5 Å². The molecule has 0 bridgehead atoms. The van der Waals surface area contributed by atoms with Gasteiger partial charge in [0.05, 0.1) is 12.2 Å². The maximum absolute atomic E-state index is 12.3. The van der Waals surface area contributed by atoms with Crippen LogP contribution in [0.3, 0.4) is 0 Å². The number of aromatic nitrogens is 1. The van der Waals surface area contributed by atoms with Crippen LogP contribution in [0.4, 0.5) is 0 Å². The van der Waals surface area contributed by atoms with Gasteiger partial charge in [0.25, 0.3) is 0 Å². The molecule has 5 nitrogen and oxygen atoms in total. The normalized spacial score (nSPS) is 20.8. The Morgan fingerprint density at radius 2 is 2.24 bits per heavy atom. The Balaban J connectivity index is 1.70. The fourth-order valence-electron chi connectivity index (χ4n) is 2.57. The largest absolute Gasteiger partial charge is 0.459 e. The lowest BCUT2D eigenvalue weighted by Crippen LogP contribution is -2.25. The molecule has 1 atom stereocenters. The molecular weight excluding hydrogens is 270 g/mol. The van der Waals surface area contributed by atoms with Crippen LogP contribution in [0.25, 0.3) is 10.9 Å². The van der Waals surface area contributed by atoms with Crippen LogP contribution in [-0.2, 0) is 21.3 Å². The average Bonchev–Trinajstić information content (AvgIpc) is 2.99. The second kappa shape index (κ2) is 5.16. The summed E-state index contributed by atoms with van der Waals surface area (Å²) in [6, 6.07) is 7.53. The van der Waals surface area contributed by atoms with E-state index in [2.05, 4.69) is 0 Å². The maximum Gasteiger partial charge on any atom is 0.338 e. The lowest BCUT2D eigenvalue weighted by molar-refractivity contribution is -0.142. The number of hydrogen-bond donors (Lipinski definition) is 0. The van der Waals surface area contributed by atoms with Crippen molar-refractivity contribution in [3.05, 3.63) is 36.0 Å². The third kappa shape index (κ3) is 2.80. The smallest absolute Gasteiger partial charge is 0.338 e. The fraction of sp³-hybridized carbons (Fsp3) is 0.438. The minimum atomic E-state index is -0.601. The summed E-state index contributed by atoms with van der Waals surface area (Å²) in [6.45, 7) is 4.33. The fourth-order valence-corrected chi connectivity index (χ4v) is 2.57. The summed E-state index contributed by atoms with van der Waals surface area (Å²) in [5.41, 5.74) is 1.58. The summed E-state index contributed by atoms with van der Waals surface area (Å²) >= 11 is 0. The number of rotatable bonds is 3. The van der Waals surface area contributed by atoms with Crippen LogP contribution in [0.5, 0.6) is 0 Å². The standard InChI is InChI=1S/C16H19NO4/c1-16(2)20-10-11(21-16)9-19-15(18)13-5-4-6-14-12(13)7-8-17(14)3/h4-8,11H,9-10H2,1-3H3/t11-/m0/s1. The average molecular weight is 289 g/mol. The molecule has 1 aromatic carbocycles. The van der Waals surface area contributed by atoms with E-state index in [0.29, 0.717) is 12.2 Å². The van der Waals surface area contributed by atoms with Crippen LogP contribution < -0.4 is 0 Å². The first-order chi connectivity index (χ1) is 9.96. The van der Waals surface area contributed by atoms with Gasteiger partial charge in [-0.15, -0.1) is 0 Å². The van der Waals surface area contributed by atoms with Crippen molar-refractivity contribution < 1.29 is 19.0 Å². The van der Waals surface area contributed by atoms with Gasteiger partial charge in [0.15, 0.2) is 5.79 Å². The van der Waals surface area contributed by atoms with E-state index in [1.54, 1.807) is 6.07 Å². The molecule has 1 aromatic heterocycles. The number of carbonyl (C=O) groups excluding carboxylic acids is 1. The van der Waals surface area contributed by atoms with Crippen molar-refractivity contribution in [3.8, 4) is 0 Å². The Morgan fingerprint density at radius 3 is 2.95 bits per heavy atom. The number of aryl methyl sites for hydroxylation is 1. The molecule has 1 aliphatic rings. The monoisotopic (exact) mass is 289 g/mol. The predicted molar refractivity (Wildman–Crippen MR) is 78.1 cm³/mol. The number of fused-ring (bicyclic) bond motifs is 1. The highest BCUT2D eigenvalue weighted by Crippen LogP contribution is 2.23. The molecule has 0 amide bonds. The van der Waals surface area contributed by atoms with Crippen molar-refractivity contribution >= 4 is 16.9 Å². The topological polar surface area (TPSA) is 49.7 Å². The molecule has 3 rings (SSSR count). The highest BCUT2D eigenvalue weighted by Gasteiger charge is 2.33. The first kappa shape index (κ1) is 14.1. The van der Waals surface area contributed by atoms with Crippen LogP contribution in [-0.4, -0.2) is 35.6 Å². The van der Waals surface area contributed by atoms with Gasteiger partial charge in [-0.3, -0.25) is 0 Å². The van der Waals surface area contributed by atoms with Crippen LogP contribution in [0.1, 0.15) is 24.2 Å². The summed E-state index contributed by atoms with van der Waals surface area (Å²) in [5, 5.41) is 0.897. The van der Waals surface area contributed by atoms with Gasteiger partial charge >= 0.3 is 5.97 Å². The highest BCUT2D eigenvalue weighted by molar-refractivity contribution is 6.03. The number of hydrogen-bond acceptors (Lipinski definition) is 4. The molecule has 0 radical (unpaired) electrons. The van der Waals surface area contributed by atoms with E-state index >= 15 is 0 Å². The van der Waals surface area contributed by atoms with Gasteiger partial charge in [-0.1, -0.05) is 6.07 Å². The SMILES string of the molecule is Cn1ccc2c(C(=O)OC[C@H]3COC(C)(C)O3)cccc21. The molecule has 21 heavy (non-hydrogen) atoms. The molecule has 112 valence electrons. The number of carbonyl (C=O) groups is 1. The van der Waals surface area contributed by atoms with Crippen molar-refractivity contribution in [2.75, 3.05) is 13.2 Å². The van der Waals surface area contributed by atoms with Gasteiger partial charge in [-0.25, -0.2) is 4.79 Å². The number of benzene rings is 1. The molecule has 1 fully saturated rings. The second-order valence-electron chi connectivity index (χ2n) is 5.71. The van der Waals surface area contributed by atoms with Gasteiger partial charge in [-0.2, -0.15) is 0 Å². The van der Waals surface area contributed by atoms with E-state index in [1.807, 2.05) is 49.9 Å². The summed E-state index contributed by atoms with van der Waals surface area (Å²) in [7, 11) is 1.95. The quantitative estimate of drug-likeness (QED) is 0.815. The van der Waals surface area contributed by atoms with Crippen molar-refractivity contribution in [2.24, 2.45) is 7.05 Å². The van der Waals surface area contributed by atoms with Gasteiger partial charge in [0.1, 0.15) is 12.7 Å². The summed E-state index contributed by atoms with van der Waals surface area (Å²) in [4.78, 5) is 12.3. The third-order valence-corrected chi connectivity index (χ3v) is 3.62.